The van der Waals surface area contributed by atoms with Gasteiger partial charge in [0.05, 0.1) is 6.10 Å². The predicted molar refractivity (Wildman–Crippen MR) is 67.5 cm³/mol. The van der Waals surface area contributed by atoms with Crippen molar-refractivity contribution in [2.45, 2.75) is 45.0 Å². The topological polar surface area (TPSA) is 88.7 Å². The van der Waals surface area contributed by atoms with Gasteiger partial charge in [0.15, 0.2) is 0 Å². The molecule has 1 unspecified atom stereocenters. The largest absolute Gasteiger partial charge is 0.423 e. The second kappa shape index (κ2) is 5.49. The number of aliphatic hydroxyl groups excluding tert-OH is 1. The first kappa shape index (κ1) is 13.5. The zero-order valence-corrected chi connectivity index (χ0v) is 11.5. The number of carbonyl (C=O) groups excluding carboxylic acids is 1. The fourth-order valence-corrected chi connectivity index (χ4v) is 2.45. The molecule has 1 saturated carbocycles. The van der Waals surface area contributed by atoms with Crippen LogP contribution in [0.25, 0.3) is 0 Å². The van der Waals surface area contributed by atoms with Crippen LogP contribution in [0.2, 0.25) is 0 Å². The van der Waals surface area contributed by atoms with Crippen LogP contribution in [0.3, 0.4) is 0 Å². The third-order valence-corrected chi connectivity index (χ3v) is 4.02. The van der Waals surface area contributed by atoms with Gasteiger partial charge in [0.25, 0.3) is 5.91 Å². The number of amides is 1. The van der Waals surface area contributed by atoms with Gasteiger partial charge in [0, 0.05) is 20.0 Å². The summed E-state index contributed by atoms with van der Waals surface area (Å²) in [6.07, 6.45) is 2.18. The molecule has 110 valence electrons. The van der Waals surface area contributed by atoms with Crippen LogP contribution in [0.15, 0.2) is 4.42 Å². The van der Waals surface area contributed by atoms with E-state index in [0.717, 1.165) is 19.3 Å². The molecule has 2 aliphatic rings. The normalized spacial score (nSPS) is 21.4. The maximum Gasteiger partial charge on any atom is 0.251 e. The minimum Gasteiger partial charge on any atom is -0.423 e. The molecule has 0 bridgehead atoms. The second-order valence-corrected chi connectivity index (χ2v) is 5.53. The Morgan fingerprint density at radius 3 is 2.80 bits per heavy atom. The molecule has 1 aliphatic heterocycles. The van der Waals surface area contributed by atoms with Gasteiger partial charge in [0.1, 0.15) is 12.7 Å². The molecule has 3 rings (SSSR count). The van der Waals surface area contributed by atoms with E-state index in [0.29, 0.717) is 24.9 Å². The molecule has 1 aromatic rings. The van der Waals surface area contributed by atoms with Gasteiger partial charge in [-0.05, 0) is 18.8 Å². The van der Waals surface area contributed by atoms with Crippen LogP contribution in [0.1, 0.15) is 31.0 Å². The minimum absolute atomic E-state index is 0.0141. The van der Waals surface area contributed by atoms with E-state index in [-0.39, 0.29) is 24.5 Å². The number of rotatable bonds is 5. The zero-order valence-electron chi connectivity index (χ0n) is 11.5. The van der Waals surface area contributed by atoms with Gasteiger partial charge in [0.2, 0.25) is 11.8 Å². The number of aliphatic hydroxyl groups is 1. The summed E-state index contributed by atoms with van der Waals surface area (Å²) in [5, 5.41) is 17.5. The highest BCUT2D eigenvalue weighted by Gasteiger charge is 2.39. The molecule has 1 aliphatic carbocycles. The number of nitrogens with zero attached hydrogens (tertiary/aromatic N) is 3. The highest BCUT2D eigenvalue weighted by molar-refractivity contribution is 5.82. The number of hydrogen-bond acceptors (Lipinski definition) is 6. The minimum atomic E-state index is -0.830. The average molecular weight is 281 g/mol. The Kier molecular flexibility index (Phi) is 3.71. The van der Waals surface area contributed by atoms with Crippen molar-refractivity contribution in [3.05, 3.63) is 11.8 Å². The highest BCUT2D eigenvalue weighted by Crippen LogP contribution is 2.31. The number of carbonyl (C=O) groups is 1. The number of hydrogen-bond donors (Lipinski definition) is 1. The van der Waals surface area contributed by atoms with Gasteiger partial charge >= 0.3 is 0 Å². The molecule has 1 saturated heterocycles. The Morgan fingerprint density at radius 2 is 2.25 bits per heavy atom. The molecule has 0 radical (unpaired) electrons. The number of ether oxygens (including phenoxy) is 1. The van der Waals surface area contributed by atoms with E-state index in [1.54, 1.807) is 11.8 Å². The SMILES string of the molecule is Cc1nnc(COC2CN(C(=O)C(O)C3CCC3)C2)o1. The van der Waals surface area contributed by atoms with Crippen LogP contribution >= 0.6 is 0 Å². The molecular weight excluding hydrogens is 262 g/mol. The van der Waals surface area contributed by atoms with Crippen LogP contribution in [-0.4, -0.2) is 51.4 Å². The van der Waals surface area contributed by atoms with Crippen molar-refractivity contribution >= 4 is 5.91 Å². The lowest BCUT2D eigenvalue weighted by Gasteiger charge is -2.41. The van der Waals surface area contributed by atoms with E-state index in [1.165, 1.54) is 0 Å². The van der Waals surface area contributed by atoms with E-state index in [1.807, 2.05) is 0 Å². The number of aryl methyl sites for hydroxylation is 1. The summed E-state index contributed by atoms with van der Waals surface area (Å²) in [7, 11) is 0. The summed E-state index contributed by atoms with van der Waals surface area (Å²) in [6.45, 7) is 3.03. The average Bonchev–Trinajstić information content (AvgIpc) is 2.70. The van der Waals surface area contributed by atoms with Crippen molar-refractivity contribution < 1.29 is 19.1 Å². The Hall–Kier alpha value is -1.47. The lowest BCUT2D eigenvalue weighted by molar-refractivity contribution is -0.159. The zero-order chi connectivity index (χ0) is 14.1. The van der Waals surface area contributed by atoms with Crippen LogP contribution in [0, 0.1) is 12.8 Å². The van der Waals surface area contributed by atoms with Crippen molar-refractivity contribution in [2.75, 3.05) is 13.1 Å². The van der Waals surface area contributed by atoms with Crippen LogP contribution in [0.5, 0.6) is 0 Å². The van der Waals surface area contributed by atoms with Crippen molar-refractivity contribution in [3.63, 3.8) is 0 Å². The van der Waals surface area contributed by atoms with Crippen molar-refractivity contribution in [1.82, 2.24) is 15.1 Å². The standard InChI is InChI=1S/C13H19N3O4/c1-8-14-15-11(20-8)7-19-10-5-16(6-10)13(18)12(17)9-3-2-4-9/h9-10,12,17H,2-7H2,1H3. The summed E-state index contributed by atoms with van der Waals surface area (Å²) < 4.78 is 10.8. The van der Waals surface area contributed by atoms with E-state index in [2.05, 4.69) is 10.2 Å². The molecule has 7 nitrogen and oxygen atoms in total. The third kappa shape index (κ3) is 2.69. The van der Waals surface area contributed by atoms with Gasteiger partial charge < -0.3 is 19.2 Å². The predicted octanol–water partition coefficient (Wildman–Crippen LogP) is 0.266. The Morgan fingerprint density at radius 1 is 1.50 bits per heavy atom. The summed E-state index contributed by atoms with van der Waals surface area (Å²) in [6, 6.07) is 0. The molecule has 2 heterocycles. The number of aromatic nitrogens is 2. The van der Waals surface area contributed by atoms with Gasteiger partial charge in [-0.1, -0.05) is 6.42 Å². The van der Waals surface area contributed by atoms with E-state index in [9.17, 15) is 9.90 Å². The molecule has 1 amide bonds. The molecule has 7 heteroatoms. The molecule has 2 fully saturated rings. The maximum absolute atomic E-state index is 12.0. The van der Waals surface area contributed by atoms with Gasteiger partial charge in [-0.3, -0.25) is 4.79 Å². The fraction of sp³-hybridized carbons (Fsp3) is 0.769. The molecule has 1 aromatic heterocycles. The Balaban J connectivity index is 1.38. The Labute approximate surface area is 116 Å². The summed E-state index contributed by atoms with van der Waals surface area (Å²) in [5.41, 5.74) is 0. The van der Waals surface area contributed by atoms with Crippen LogP contribution in [0.4, 0.5) is 0 Å². The van der Waals surface area contributed by atoms with Gasteiger partial charge in [-0.25, -0.2) is 0 Å². The van der Waals surface area contributed by atoms with Gasteiger partial charge in [-0.15, -0.1) is 10.2 Å². The lowest BCUT2D eigenvalue weighted by Crippen LogP contribution is -2.58. The lowest BCUT2D eigenvalue weighted by atomic mass is 9.80. The van der Waals surface area contributed by atoms with E-state index < -0.39 is 6.10 Å². The van der Waals surface area contributed by atoms with E-state index >= 15 is 0 Å². The highest BCUT2D eigenvalue weighted by atomic mass is 16.5. The third-order valence-electron chi connectivity index (χ3n) is 4.02. The van der Waals surface area contributed by atoms with Crippen molar-refractivity contribution in [1.29, 1.82) is 0 Å². The monoisotopic (exact) mass is 281 g/mol. The molecule has 1 atom stereocenters. The smallest absolute Gasteiger partial charge is 0.251 e. The van der Waals surface area contributed by atoms with Crippen molar-refractivity contribution in [2.24, 2.45) is 5.92 Å². The molecular formula is C13H19N3O4. The molecule has 1 N–H and O–H groups in total. The Bertz CT molecular complexity index is 480. The van der Waals surface area contributed by atoms with Crippen molar-refractivity contribution in [3.8, 4) is 0 Å². The first-order valence-corrected chi connectivity index (χ1v) is 7.01. The summed E-state index contributed by atoms with van der Waals surface area (Å²) in [5.74, 6) is 0.950. The summed E-state index contributed by atoms with van der Waals surface area (Å²) >= 11 is 0. The molecule has 20 heavy (non-hydrogen) atoms. The second-order valence-electron chi connectivity index (χ2n) is 5.53. The van der Waals surface area contributed by atoms with E-state index in [4.69, 9.17) is 9.15 Å². The van der Waals surface area contributed by atoms with Crippen LogP contribution < -0.4 is 0 Å². The van der Waals surface area contributed by atoms with Gasteiger partial charge in [-0.2, -0.15) is 0 Å². The molecule has 0 spiro atoms. The maximum atomic E-state index is 12.0. The molecule has 0 aromatic carbocycles. The summed E-state index contributed by atoms with van der Waals surface area (Å²) in [4.78, 5) is 13.6. The van der Waals surface area contributed by atoms with Crippen LogP contribution in [-0.2, 0) is 16.1 Å². The first-order chi connectivity index (χ1) is 9.63. The number of likely N-dealkylation sites (tertiary alicyclic amines) is 1. The fourth-order valence-electron chi connectivity index (χ4n) is 2.45. The first-order valence-electron chi connectivity index (χ1n) is 7.01. The quantitative estimate of drug-likeness (QED) is 0.833.